The van der Waals surface area contributed by atoms with Crippen LogP contribution in [-0.4, -0.2) is 23.7 Å². The van der Waals surface area contributed by atoms with Crippen molar-refractivity contribution in [2.75, 3.05) is 0 Å². The summed E-state index contributed by atoms with van der Waals surface area (Å²) >= 11 is 0. The van der Waals surface area contributed by atoms with Crippen molar-refractivity contribution < 1.29 is 27.5 Å². The van der Waals surface area contributed by atoms with Gasteiger partial charge in [0.15, 0.2) is 0 Å². The van der Waals surface area contributed by atoms with Crippen LogP contribution in [0, 0.1) is 0 Å². The summed E-state index contributed by atoms with van der Waals surface area (Å²) in [7, 11) is 0. The fourth-order valence-corrected chi connectivity index (χ4v) is 1.27. The number of ketones is 1. The van der Waals surface area contributed by atoms with Crippen LogP contribution in [0.3, 0.4) is 0 Å². The van der Waals surface area contributed by atoms with Gasteiger partial charge in [-0.2, -0.15) is 13.2 Å². The second kappa shape index (κ2) is 8.41. The van der Waals surface area contributed by atoms with Gasteiger partial charge in [0.2, 0.25) is 5.60 Å². The number of hydrogen-bond acceptors (Lipinski definition) is 3. The first-order valence-corrected chi connectivity index (χ1v) is 6.54. The molecule has 0 fully saturated rings. The highest BCUT2D eigenvalue weighted by atomic mass is 19.4. The number of ether oxygens (including phenoxy) is 1. The minimum atomic E-state index is -4.60. The van der Waals surface area contributed by atoms with Crippen LogP contribution < -0.4 is 5.73 Å². The van der Waals surface area contributed by atoms with Gasteiger partial charge in [0.05, 0.1) is 0 Å². The second-order valence-corrected chi connectivity index (χ2v) is 5.12. The number of rotatable bonds is 4. The van der Waals surface area contributed by atoms with Crippen molar-refractivity contribution in [3.8, 4) is 0 Å². The minimum Gasteiger partial charge on any atom is -0.434 e. The maximum absolute atomic E-state index is 11.9. The van der Waals surface area contributed by atoms with Crippen molar-refractivity contribution in [3.63, 3.8) is 0 Å². The van der Waals surface area contributed by atoms with Crippen molar-refractivity contribution in [1.29, 1.82) is 0 Å². The molecule has 124 valence electrons. The van der Waals surface area contributed by atoms with Gasteiger partial charge in [-0.1, -0.05) is 30.3 Å². The van der Waals surface area contributed by atoms with Crippen molar-refractivity contribution in [2.45, 2.75) is 45.4 Å². The molecule has 2 N–H and O–H groups in total. The number of carbonyl (C=O) groups is 2. The maximum Gasteiger partial charge on any atom is 0.427 e. The molecule has 0 aliphatic rings. The first-order valence-electron chi connectivity index (χ1n) is 6.54. The Morgan fingerprint density at radius 3 is 1.95 bits per heavy atom. The number of amides is 1. The van der Waals surface area contributed by atoms with E-state index in [1.54, 1.807) is 6.92 Å². The van der Waals surface area contributed by atoms with E-state index in [0.29, 0.717) is 6.42 Å². The van der Waals surface area contributed by atoms with Crippen LogP contribution in [-0.2, 0) is 16.0 Å². The Morgan fingerprint density at radius 1 is 1.14 bits per heavy atom. The van der Waals surface area contributed by atoms with Crippen LogP contribution in [0.2, 0.25) is 0 Å². The molecular formula is C15H20F3NO3. The summed E-state index contributed by atoms with van der Waals surface area (Å²) in [6.07, 6.45) is -4.50. The second-order valence-electron chi connectivity index (χ2n) is 5.12. The van der Waals surface area contributed by atoms with Gasteiger partial charge in [-0.05, 0) is 32.8 Å². The number of benzene rings is 1. The molecule has 1 rings (SSSR count). The molecule has 0 unspecified atom stereocenters. The van der Waals surface area contributed by atoms with E-state index in [1.165, 1.54) is 5.56 Å². The summed E-state index contributed by atoms with van der Waals surface area (Å²) in [5, 5.41) is 0. The molecule has 0 spiro atoms. The summed E-state index contributed by atoms with van der Waals surface area (Å²) in [5.74, 6) is 0.258. The molecule has 0 aliphatic heterocycles. The average Bonchev–Trinajstić information content (AvgIpc) is 2.35. The molecule has 0 heterocycles. The number of nitrogens with two attached hydrogens (primary N) is 1. The molecule has 0 aliphatic carbocycles. The van der Waals surface area contributed by atoms with Crippen molar-refractivity contribution in [1.82, 2.24) is 0 Å². The SMILES string of the molecule is CC(=O)CCc1ccccc1.CC(C)(OC(N)=O)C(F)(F)F. The summed E-state index contributed by atoms with van der Waals surface area (Å²) < 4.78 is 39.4. The lowest BCUT2D eigenvalue weighted by molar-refractivity contribution is -0.243. The largest absolute Gasteiger partial charge is 0.434 e. The van der Waals surface area contributed by atoms with Crippen molar-refractivity contribution in [3.05, 3.63) is 35.9 Å². The quantitative estimate of drug-likeness (QED) is 0.921. The molecule has 1 aromatic carbocycles. The zero-order chi connectivity index (χ0) is 17.4. The van der Waals surface area contributed by atoms with Gasteiger partial charge in [0.25, 0.3) is 0 Å². The van der Waals surface area contributed by atoms with Gasteiger partial charge < -0.3 is 15.3 Å². The van der Waals surface area contributed by atoms with Gasteiger partial charge in [0, 0.05) is 6.42 Å². The first kappa shape index (κ1) is 19.9. The lowest BCUT2D eigenvalue weighted by Crippen LogP contribution is -2.44. The van der Waals surface area contributed by atoms with Crippen molar-refractivity contribution >= 4 is 11.9 Å². The summed E-state index contributed by atoms with van der Waals surface area (Å²) in [4.78, 5) is 20.6. The molecule has 4 nitrogen and oxygen atoms in total. The standard InChI is InChI=1S/C10H12O.C5H8F3NO2/c1-9(11)7-8-10-5-3-2-4-6-10;1-4(2,5(6,7)8)11-3(9)10/h2-6H,7-8H2,1H3;1-2H3,(H2,9,10). The fraction of sp³-hybridized carbons (Fsp3) is 0.467. The van der Waals surface area contributed by atoms with Crippen LogP contribution in [0.5, 0.6) is 0 Å². The highest BCUT2D eigenvalue weighted by Crippen LogP contribution is 2.32. The van der Waals surface area contributed by atoms with E-state index in [4.69, 9.17) is 0 Å². The number of hydrogen-bond donors (Lipinski definition) is 1. The smallest absolute Gasteiger partial charge is 0.427 e. The van der Waals surface area contributed by atoms with Gasteiger partial charge >= 0.3 is 12.3 Å². The summed E-state index contributed by atoms with van der Waals surface area (Å²) in [6.45, 7) is 3.07. The minimum absolute atomic E-state index is 0.258. The van der Waals surface area contributed by atoms with Crippen LogP contribution in [0.15, 0.2) is 30.3 Å². The number of Topliss-reactive ketones (excluding diaryl/α,β-unsaturated/α-hetero) is 1. The van der Waals surface area contributed by atoms with E-state index in [9.17, 15) is 22.8 Å². The van der Waals surface area contributed by atoms with E-state index in [0.717, 1.165) is 20.3 Å². The lowest BCUT2D eigenvalue weighted by Gasteiger charge is -2.26. The molecule has 1 amide bonds. The third kappa shape index (κ3) is 8.28. The molecule has 0 radical (unpaired) electrons. The molecule has 1 aromatic rings. The third-order valence-electron chi connectivity index (χ3n) is 2.65. The zero-order valence-corrected chi connectivity index (χ0v) is 12.7. The van der Waals surface area contributed by atoms with Gasteiger partial charge in [-0.3, -0.25) is 0 Å². The number of carbonyl (C=O) groups excluding carboxylic acids is 2. The predicted octanol–water partition coefficient (Wildman–Crippen LogP) is 3.63. The van der Waals surface area contributed by atoms with E-state index < -0.39 is 17.9 Å². The highest BCUT2D eigenvalue weighted by molar-refractivity contribution is 5.75. The van der Waals surface area contributed by atoms with Crippen LogP contribution in [0.25, 0.3) is 0 Å². The Morgan fingerprint density at radius 2 is 1.64 bits per heavy atom. The Labute approximate surface area is 127 Å². The number of aryl methyl sites for hydroxylation is 1. The zero-order valence-electron chi connectivity index (χ0n) is 12.7. The fourth-order valence-electron chi connectivity index (χ4n) is 1.27. The lowest BCUT2D eigenvalue weighted by atomic mass is 10.1. The molecular weight excluding hydrogens is 299 g/mol. The molecule has 0 saturated heterocycles. The molecule has 0 saturated carbocycles. The Balaban J connectivity index is 0.000000401. The van der Waals surface area contributed by atoms with Gasteiger partial charge in [-0.15, -0.1) is 0 Å². The predicted molar refractivity (Wildman–Crippen MR) is 76.2 cm³/mol. The Hall–Kier alpha value is -2.05. The molecule has 7 heteroatoms. The Bertz CT molecular complexity index is 485. The van der Waals surface area contributed by atoms with Crippen LogP contribution in [0.4, 0.5) is 18.0 Å². The topological polar surface area (TPSA) is 69.4 Å². The normalized spacial score (nSPS) is 11.2. The van der Waals surface area contributed by atoms with Crippen LogP contribution >= 0.6 is 0 Å². The number of primary amides is 1. The van der Waals surface area contributed by atoms with E-state index in [2.05, 4.69) is 10.5 Å². The number of halogens is 3. The van der Waals surface area contributed by atoms with Crippen molar-refractivity contribution in [2.24, 2.45) is 5.73 Å². The summed E-state index contributed by atoms with van der Waals surface area (Å²) in [5.41, 5.74) is 3.14. The molecule has 22 heavy (non-hydrogen) atoms. The third-order valence-corrected chi connectivity index (χ3v) is 2.65. The summed E-state index contributed by atoms with van der Waals surface area (Å²) in [6, 6.07) is 10.1. The monoisotopic (exact) mass is 319 g/mol. The first-order chi connectivity index (χ1) is 9.95. The van der Waals surface area contributed by atoms with Crippen LogP contribution in [0.1, 0.15) is 32.8 Å². The van der Waals surface area contributed by atoms with E-state index >= 15 is 0 Å². The average molecular weight is 319 g/mol. The molecule has 0 bridgehead atoms. The van der Waals surface area contributed by atoms with E-state index in [1.807, 2.05) is 30.3 Å². The molecule has 0 aromatic heterocycles. The maximum atomic E-state index is 11.9. The van der Waals surface area contributed by atoms with E-state index in [-0.39, 0.29) is 5.78 Å². The Kier molecular flexibility index (Phi) is 7.62. The number of alkyl halides is 3. The van der Waals surface area contributed by atoms with Gasteiger partial charge in [0.1, 0.15) is 5.78 Å². The van der Waals surface area contributed by atoms with Gasteiger partial charge in [-0.25, -0.2) is 4.79 Å². The highest BCUT2D eigenvalue weighted by Gasteiger charge is 2.50. The molecule has 0 atom stereocenters.